The van der Waals surface area contributed by atoms with Crippen LogP contribution >= 0.6 is 12.2 Å². The van der Waals surface area contributed by atoms with Crippen LogP contribution in [0.4, 0.5) is 0 Å². The second-order valence-corrected chi connectivity index (χ2v) is 17.6. The minimum atomic E-state index is -0.856. The monoisotopic (exact) mass is 360 g/mol. The summed E-state index contributed by atoms with van der Waals surface area (Å²) in [5.74, 6) is 3.16. The van der Waals surface area contributed by atoms with Gasteiger partial charge >= 0.3 is 132 Å². The zero-order valence-corrected chi connectivity index (χ0v) is 16.2. The first-order chi connectivity index (χ1) is 8.86. The van der Waals surface area contributed by atoms with Crippen LogP contribution < -0.4 is 0 Å². The van der Waals surface area contributed by atoms with Crippen molar-refractivity contribution in [2.45, 2.75) is 69.5 Å². The summed E-state index contributed by atoms with van der Waals surface area (Å²) < 4.78 is 1.55. The molecule has 108 valence electrons. The van der Waals surface area contributed by atoms with Crippen LogP contribution in [0.2, 0.25) is 31.0 Å². The maximum absolute atomic E-state index is 5.98. The average Bonchev–Trinajstić information content (AvgIpc) is 2.25. The Balaban J connectivity index is 1.60. The average molecular weight is 360 g/mol. The van der Waals surface area contributed by atoms with E-state index in [0.717, 1.165) is 17.8 Å². The van der Waals surface area contributed by atoms with E-state index >= 15 is 0 Å². The molecule has 4 aliphatic rings. The standard InChI is InChI=1S/C16H28SSeSi/c1-19(2,3)5-4-18-15(17)16-9-12-6-13(10-16)8-14(7-12)11-16/h12-14H,4-11H2,1-3H3. The Bertz CT molecular complexity index is 336. The van der Waals surface area contributed by atoms with Crippen molar-refractivity contribution in [3.63, 3.8) is 0 Å². The molecule has 0 spiro atoms. The molecule has 4 aliphatic carbocycles. The van der Waals surface area contributed by atoms with Crippen molar-refractivity contribution in [1.82, 2.24) is 0 Å². The number of hydrogen-bond donors (Lipinski definition) is 0. The molecule has 0 aliphatic heterocycles. The molecular formula is C16H28SSeSi. The van der Waals surface area contributed by atoms with E-state index in [0.29, 0.717) is 20.4 Å². The van der Waals surface area contributed by atoms with E-state index in [1.54, 1.807) is 23.0 Å². The van der Waals surface area contributed by atoms with Gasteiger partial charge in [-0.15, -0.1) is 0 Å². The van der Waals surface area contributed by atoms with E-state index in [-0.39, 0.29) is 0 Å². The topological polar surface area (TPSA) is 0 Å². The van der Waals surface area contributed by atoms with Crippen molar-refractivity contribution in [2.75, 3.05) is 0 Å². The molecule has 0 aromatic heterocycles. The number of hydrogen-bond acceptors (Lipinski definition) is 1. The second-order valence-electron chi connectivity index (χ2n) is 8.64. The molecule has 0 unspecified atom stereocenters. The summed E-state index contributed by atoms with van der Waals surface area (Å²) in [6.45, 7) is 7.49. The fourth-order valence-electron chi connectivity index (χ4n) is 4.96. The summed E-state index contributed by atoms with van der Waals surface area (Å²) in [6, 6.07) is 1.49. The Morgan fingerprint density at radius 3 is 1.95 bits per heavy atom. The third-order valence-corrected chi connectivity index (χ3v) is 11.5. The van der Waals surface area contributed by atoms with Crippen molar-refractivity contribution in [2.24, 2.45) is 23.2 Å². The summed E-state index contributed by atoms with van der Waals surface area (Å²) in [5, 5.41) is 1.43. The van der Waals surface area contributed by atoms with Gasteiger partial charge in [-0.2, -0.15) is 0 Å². The molecule has 0 heterocycles. The summed E-state index contributed by atoms with van der Waals surface area (Å²) >= 11 is 6.63. The molecular weight excluding hydrogens is 331 g/mol. The molecule has 0 aromatic rings. The van der Waals surface area contributed by atoms with Crippen LogP contribution in [-0.2, 0) is 0 Å². The van der Waals surface area contributed by atoms with Crippen LogP contribution in [0, 0.1) is 23.2 Å². The van der Waals surface area contributed by atoms with E-state index in [2.05, 4.69) is 19.6 Å². The molecule has 0 atom stereocenters. The molecule has 0 radical (unpaired) electrons. The van der Waals surface area contributed by atoms with Crippen LogP contribution in [0.15, 0.2) is 0 Å². The van der Waals surface area contributed by atoms with E-state index in [1.807, 2.05) is 0 Å². The third-order valence-electron chi connectivity index (χ3n) is 5.56. The Kier molecular flexibility index (Phi) is 4.06. The molecule has 4 fully saturated rings. The van der Waals surface area contributed by atoms with Gasteiger partial charge in [0.1, 0.15) is 0 Å². The van der Waals surface area contributed by atoms with Gasteiger partial charge in [0.25, 0.3) is 0 Å². The molecule has 3 heteroatoms. The van der Waals surface area contributed by atoms with E-state index < -0.39 is 8.07 Å². The molecule has 4 rings (SSSR count). The third kappa shape index (κ3) is 3.20. The fourth-order valence-corrected chi connectivity index (χ4v) is 12.4. The Hall–Kier alpha value is 0.826. The first-order valence-electron chi connectivity index (χ1n) is 8.04. The predicted molar refractivity (Wildman–Crippen MR) is 91.9 cm³/mol. The van der Waals surface area contributed by atoms with Crippen LogP contribution in [0.3, 0.4) is 0 Å². The van der Waals surface area contributed by atoms with Crippen molar-refractivity contribution in [3.8, 4) is 0 Å². The van der Waals surface area contributed by atoms with Gasteiger partial charge in [-0.05, 0) is 0 Å². The van der Waals surface area contributed by atoms with Crippen LogP contribution in [-0.4, -0.2) is 26.8 Å². The van der Waals surface area contributed by atoms with Crippen molar-refractivity contribution < 1.29 is 0 Å². The summed E-state index contributed by atoms with van der Waals surface area (Å²) in [4.78, 5) is 0. The first kappa shape index (κ1) is 14.8. The van der Waals surface area contributed by atoms with Gasteiger partial charge in [0.05, 0.1) is 0 Å². The number of thiocarbonyl (C=S) groups is 1. The SMILES string of the molecule is C[Si](C)(C)CC[Se]C(=S)C12CC3CC(CC(C3)C1)C2. The van der Waals surface area contributed by atoms with Gasteiger partial charge in [-0.25, -0.2) is 0 Å². The minimum absolute atomic E-state index is 0.559. The van der Waals surface area contributed by atoms with Gasteiger partial charge in [0, 0.05) is 0 Å². The molecule has 0 N–H and O–H groups in total. The summed E-state index contributed by atoms with van der Waals surface area (Å²) in [6.07, 6.45) is 9.07. The first-order valence-corrected chi connectivity index (χ1v) is 14.2. The molecule has 0 saturated heterocycles. The van der Waals surface area contributed by atoms with Gasteiger partial charge < -0.3 is 0 Å². The van der Waals surface area contributed by atoms with Crippen LogP contribution in [0.1, 0.15) is 38.5 Å². The maximum atomic E-state index is 5.98. The molecule has 19 heavy (non-hydrogen) atoms. The second kappa shape index (κ2) is 5.23. The Morgan fingerprint density at radius 2 is 1.53 bits per heavy atom. The van der Waals surface area contributed by atoms with Crippen molar-refractivity contribution >= 4 is 39.0 Å². The van der Waals surface area contributed by atoms with Gasteiger partial charge in [-0.3, -0.25) is 0 Å². The van der Waals surface area contributed by atoms with E-state index in [9.17, 15) is 0 Å². The molecule has 4 bridgehead atoms. The van der Waals surface area contributed by atoms with Crippen molar-refractivity contribution in [3.05, 3.63) is 0 Å². The molecule has 0 amide bonds. The Morgan fingerprint density at radius 1 is 1.05 bits per heavy atom. The van der Waals surface area contributed by atoms with E-state index in [1.165, 1.54) is 30.6 Å². The Labute approximate surface area is 131 Å². The van der Waals surface area contributed by atoms with Crippen LogP contribution in [0.25, 0.3) is 0 Å². The zero-order chi connectivity index (χ0) is 13.7. The molecule has 0 nitrogen and oxygen atoms in total. The molecule has 4 saturated carbocycles. The summed E-state index contributed by atoms with van der Waals surface area (Å²) in [5.41, 5.74) is 0.559. The fraction of sp³-hybridized carbons (Fsp3) is 0.938. The zero-order valence-electron chi connectivity index (χ0n) is 12.7. The van der Waals surface area contributed by atoms with Crippen molar-refractivity contribution in [1.29, 1.82) is 0 Å². The van der Waals surface area contributed by atoms with Crippen LogP contribution in [0.5, 0.6) is 0 Å². The predicted octanol–water partition coefficient (Wildman–Crippen LogP) is 4.99. The van der Waals surface area contributed by atoms with Gasteiger partial charge in [0.15, 0.2) is 0 Å². The molecule has 0 aromatic carbocycles. The normalized spacial score (nSPS) is 40.7. The number of rotatable bonds is 5. The quantitative estimate of drug-likeness (QED) is 0.492. The van der Waals surface area contributed by atoms with E-state index in [4.69, 9.17) is 12.2 Å². The van der Waals surface area contributed by atoms with Gasteiger partial charge in [-0.1, -0.05) is 0 Å². The van der Waals surface area contributed by atoms with Gasteiger partial charge in [0.2, 0.25) is 0 Å². The summed E-state index contributed by atoms with van der Waals surface area (Å²) in [7, 11) is -0.856.